The highest BCUT2D eigenvalue weighted by Gasteiger charge is 2.31. The molecule has 82 valence electrons. The smallest absolute Gasteiger partial charge is 0.179 e. The monoisotopic (exact) mass is 208 g/mol. The largest absolute Gasteiger partial charge is 0.504 e. The van der Waals surface area contributed by atoms with Crippen LogP contribution in [0.25, 0.3) is 0 Å². The number of rotatable bonds is 1. The lowest BCUT2D eigenvalue weighted by molar-refractivity contribution is -0.212. The van der Waals surface area contributed by atoms with E-state index < -0.39 is 6.30 Å². The fraction of sp³-hybridized carbons (Fsp3) is 0.667. The summed E-state index contributed by atoms with van der Waals surface area (Å²) in [5.74, 6) is 0.0705. The van der Waals surface area contributed by atoms with Crippen molar-refractivity contribution in [1.82, 2.24) is 9.78 Å². The summed E-state index contributed by atoms with van der Waals surface area (Å²) in [6, 6.07) is 0. The summed E-state index contributed by atoms with van der Waals surface area (Å²) in [4.78, 5) is 0. The van der Waals surface area contributed by atoms with Gasteiger partial charge in [0.1, 0.15) is 0 Å². The Hall–Kier alpha value is -1.00. The molecule has 0 fully saturated rings. The van der Waals surface area contributed by atoms with Crippen molar-refractivity contribution < 1.29 is 13.2 Å². The highest BCUT2D eigenvalue weighted by molar-refractivity contribution is 5.08. The van der Waals surface area contributed by atoms with E-state index in [4.69, 9.17) is 0 Å². The summed E-state index contributed by atoms with van der Waals surface area (Å²) in [6.45, 7) is 7.63. The van der Waals surface area contributed by atoms with Crippen molar-refractivity contribution in [3.8, 4) is 0 Å². The first-order valence-corrected chi connectivity index (χ1v) is 4.53. The molecule has 1 rings (SSSR count). The van der Waals surface area contributed by atoms with E-state index in [0.717, 1.165) is 6.20 Å². The molecule has 0 unspecified atom stereocenters. The zero-order valence-corrected chi connectivity index (χ0v) is 8.76. The van der Waals surface area contributed by atoms with E-state index in [1.807, 2.05) is 27.7 Å². The van der Waals surface area contributed by atoms with E-state index >= 15 is 0 Å². The van der Waals surface area contributed by atoms with Gasteiger partial charge < -0.3 is 0 Å². The van der Waals surface area contributed by atoms with Gasteiger partial charge in [-0.25, -0.2) is 0 Å². The van der Waals surface area contributed by atoms with Crippen molar-refractivity contribution in [3.63, 3.8) is 0 Å². The van der Waals surface area contributed by atoms with E-state index in [1.165, 1.54) is 6.20 Å². The van der Waals surface area contributed by atoms with Gasteiger partial charge in [-0.15, -0.1) is 13.2 Å². The Labute approximate surface area is 81.7 Å². The van der Waals surface area contributed by atoms with E-state index in [0.29, 0.717) is 5.56 Å². The third kappa shape index (κ3) is 3.40. The molecule has 0 radical (unpaired) electrons. The van der Waals surface area contributed by atoms with Crippen LogP contribution in [0.2, 0.25) is 0 Å². The molecule has 0 N–H and O–H groups in total. The van der Waals surface area contributed by atoms with Crippen LogP contribution < -0.4 is 0 Å². The van der Waals surface area contributed by atoms with Crippen molar-refractivity contribution in [3.05, 3.63) is 18.0 Å². The molecule has 0 spiro atoms. The van der Waals surface area contributed by atoms with Crippen LogP contribution in [-0.2, 0) is 6.30 Å². The first-order valence-electron chi connectivity index (χ1n) is 4.53. The molecule has 2 nitrogen and oxygen atoms in total. The lowest BCUT2D eigenvalue weighted by Crippen LogP contribution is -2.16. The molecule has 1 aromatic heterocycles. The number of hydrogen-bond donors (Lipinski definition) is 0. The Morgan fingerprint density at radius 2 is 1.79 bits per heavy atom. The van der Waals surface area contributed by atoms with E-state index in [1.54, 1.807) is 0 Å². The number of aromatic nitrogens is 2. The molecule has 5 heteroatoms. The average Bonchev–Trinajstić information content (AvgIpc) is 2.54. The molecule has 0 aliphatic rings. The van der Waals surface area contributed by atoms with E-state index in [2.05, 4.69) is 5.10 Å². The van der Waals surface area contributed by atoms with Crippen LogP contribution >= 0.6 is 0 Å². The standard InChI is InChI=1S/C7H9F3N2.C2H6/c1-5(2)6-3-11-12(4-6)7(8,9)10;1-2/h3-5H,1-2H3;1-2H3. The molecule has 0 bridgehead atoms. The normalized spacial score (nSPS) is 11.1. The first-order chi connectivity index (χ1) is 6.41. The fourth-order valence-electron chi connectivity index (χ4n) is 0.774. The Bertz CT molecular complexity index is 263. The van der Waals surface area contributed by atoms with E-state index in [-0.39, 0.29) is 10.6 Å². The second-order valence-corrected chi connectivity index (χ2v) is 2.84. The molecule has 0 atom stereocenters. The second-order valence-electron chi connectivity index (χ2n) is 2.84. The summed E-state index contributed by atoms with van der Waals surface area (Å²) in [5.41, 5.74) is 0.590. The lowest BCUT2D eigenvalue weighted by Gasteiger charge is -2.04. The molecule has 1 aromatic rings. The summed E-state index contributed by atoms with van der Waals surface area (Å²) >= 11 is 0. The zero-order valence-electron chi connectivity index (χ0n) is 8.76. The molecule has 14 heavy (non-hydrogen) atoms. The summed E-state index contributed by atoms with van der Waals surface area (Å²) in [7, 11) is 0. The summed E-state index contributed by atoms with van der Waals surface area (Å²) < 4.78 is 35.9. The van der Waals surface area contributed by atoms with Crippen molar-refractivity contribution >= 4 is 0 Å². The Morgan fingerprint density at radius 3 is 2.00 bits per heavy atom. The maximum Gasteiger partial charge on any atom is 0.504 e. The average molecular weight is 208 g/mol. The maximum atomic E-state index is 12.0. The molecular weight excluding hydrogens is 193 g/mol. The SMILES string of the molecule is CC.CC(C)c1cnn(C(F)(F)F)c1. The lowest BCUT2D eigenvalue weighted by atomic mass is 10.1. The van der Waals surface area contributed by atoms with Crippen LogP contribution in [0.15, 0.2) is 12.4 Å². The number of nitrogens with zero attached hydrogens (tertiary/aromatic N) is 2. The number of halogens is 3. The number of hydrogen-bond acceptors (Lipinski definition) is 1. The van der Waals surface area contributed by atoms with Crippen LogP contribution in [0.4, 0.5) is 13.2 Å². The van der Waals surface area contributed by atoms with Gasteiger partial charge in [0.2, 0.25) is 0 Å². The molecular formula is C9H15F3N2. The Balaban J connectivity index is 0.000000791. The van der Waals surface area contributed by atoms with Crippen molar-refractivity contribution in [2.45, 2.75) is 39.9 Å². The van der Waals surface area contributed by atoms with Gasteiger partial charge in [0.05, 0.1) is 6.20 Å². The van der Waals surface area contributed by atoms with Crippen molar-refractivity contribution in [2.24, 2.45) is 0 Å². The quantitative estimate of drug-likeness (QED) is 0.690. The molecule has 1 heterocycles. The topological polar surface area (TPSA) is 17.8 Å². The van der Waals surface area contributed by atoms with Gasteiger partial charge in [-0.1, -0.05) is 27.7 Å². The van der Waals surface area contributed by atoms with Gasteiger partial charge in [-0.05, 0) is 11.5 Å². The van der Waals surface area contributed by atoms with E-state index in [9.17, 15) is 13.2 Å². The zero-order chi connectivity index (χ0) is 11.4. The van der Waals surface area contributed by atoms with Gasteiger partial charge in [0, 0.05) is 6.20 Å². The Kier molecular flexibility index (Phi) is 4.67. The van der Waals surface area contributed by atoms with Crippen LogP contribution in [0.5, 0.6) is 0 Å². The van der Waals surface area contributed by atoms with Gasteiger partial charge in [-0.3, -0.25) is 0 Å². The molecule has 0 amide bonds. The van der Waals surface area contributed by atoms with Crippen LogP contribution in [0, 0.1) is 0 Å². The first kappa shape index (κ1) is 13.0. The predicted molar refractivity (Wildman–Crippen MR) is 49.0 cm³/mol. The minimum Gasteiger partial charge on any atom is -0.179 e. The highest BCUT2D eigenvalue weighted by Crippen LogP contribution is 2.23. The summed E-state index contributed by atoms with van der Waals surface area (Å²) in [6.07, 6.45) is -2.16. The number of alkyl halides is 3. The molecule has 0 saturated heterocycles. The maximum absolute atomic E-state index is 12.0. The summed E-state index contributed by atoms with van der Waals surface area (Å²) in [5, 5.41) is 3.20. The third-order valence-electron chi connectivity index (χ3n) is 1.53. The van der Waals surface area contributed by atoms with Gasteiger partial charge >= 0.3 is 6.30 Å². The van der Waals surface area contributed by atoms with Gasteiger partial charge in [0.15, 0.2) is 0 Å². The van der Waals surface area contributed by atoms with Crippen LogP contribution in [0.3, 0.4) is 0 Å². The minimum absolute atomic E-state index is 0.0162. The predicted octanol–water partition coefficient (Wildman–Crippen LogP) is 3.51. The fourth-order valence-corrected chi connectivity index (χ4v) is 0.774. The molecule has 0 aliphatic heterocycles. The third-order valence-corrected chi connectivity index (χ3v) is 1.53. The van der Waals surface area contributed by atoms with Crippen LogP contribution in [-0.4, -0.2) is 9.78 Å². The molecule has 0 aromatic carbocycles. The Morgan fingerprint density at radius 1 is 1.29 bits per heavy atom. The van der Waals surface area contributed by atoms with Crippen LogP contribution in [0.1, 0.15) is 39.2 Å². The highest BCUT2D eigenvalue weighted by atomic mass is 19.4. The second kappa shape index (κ2) is 5.02. The van der Waals surface area contributed by atoms with Crippen molar-refractivity contribution in [1.29, 1.82) is 0 Å². The van der Waals surface area contributed by atoms with Gasteiger partial charge in [-0.2, -0.15) is 9.78 Å². The molecule has 0 aliphatic carbocycles. The van der Waals surface area contributed by atoms with Gasteiger partial charge in [0.25, 0.3) is 0 Å². The minimum atomic E-state index is -4.40. The molecule has 0 saturated carbocycles. The van der Waals surface area contributed by atoms with Crippen molar-refractivity contribution in [2.75, 3.05) is 0 Å².